The van der Waals surface area contributed by atoms with Crippen LogP contribution in [0.4, 0.5) is 10.5 Å². The maximum Gasteiger partial charge on any atom is 0.335 e. The Morgan fingerprint density at radius 3 is 2.15 bits per heavy atom. The van der Waals surface area contributed by atoms with E-state index in [-0.39, 0.29) is 5.57 Å². The van der Waals surface area contributed by atoms with E-state index in [1.165, 1.54) is 11.6 Å². The van der Waals surface area contributed by atoms with Gasteiger partial charge in [-0.05, 0) is 47.4 Å². The third-order valence-electron chi connectivity index (χ3n) is 4.10. The van der Waals surface area contributed by atoms with Crippen LogP contribution in [0, 0.1) is 0 Å². The lowest BCUT2D eigenvalue weighted by molar-refractivity contribution is -0.122. The number of halogens is 1. The van der Waals surface area contributed by atoms with E-state index in [1.54, 1.807) is 24.3 Å². The largest absolute Gasteiger partial charge is 0.335 e. The molecule has 0 aromatic heterocycles. The SMILES string of the molecule is CC(C)c1ccc(C=C2C(=O)NC(=O)N(c3ccc(Br)cc3)C2=O)cc1. The molecule has 2 aromatic carbocycles. The molecular formula is C20H17BrN2O3. The summed E-state index contributed by atoms with van der Waals surface area (Å²) in [6.45, 7) is 4.18. The van der Waals surface area contributed by atoms with Gasteiger partial charge < -0.3 is 0 Å². The molecule has 1 heterocycles. The molecule has 0 radical (unpaired) electrons. The standard InChI is InChI=1S/C20H17BrN2O3/c1-12(2)14-5-3-13(4-6-14)11-17-18(24)22-20(26)23(19(17)25)16-9-7-15(21)8-10-16/h3-12H,1-2H3,(H,22,24,26). The van der Waals surface area contributed by atoms with Crippen LogP contribution in [0.2, 0.25) is 0 Å². The highest BCUT2D eigenvalue weighted by molar-refractivity contribution is 9.10. The number of nitrogens with one attached hydrogen (secondary N) is 1. The first-order valence-corrected chi connectivity index (χ1v) is 8.93. The first-order chi connectivity index (χ1) is 12.4. The molecule has 1 aliphatic rings. The summed E-state index contributed by atoms with van der Waals surface area (Å²) in [5.74, 6) is -0.947. The molecule has 0 bridgehead atoms. The summed E-state index contributed by atoms with van der Waals surface area (Å²) in [6, 6.07) is 13.6. The van der Waals surface area contributed by atoms with Crippen LogP contribution in [-0.2, 0) is 9.59 Å². The second kappa shape index (κ2) is 7.25. The number of imide groups is 2. The fourth-order valence-electron chi connectivity index (χ4n) is 2.63. The van der Waals surface area contributed by atoms with E-state index in [0.717, 1.165) is 14.9 Å². The van der Waals surface area contributed by atoms with Gasteiger partial charge in [0.1, 0.15) is 5.57 Å². The summed E-state index contributed by atoms with van der Waals surface area (Å²) < 4.78 is 0.822. The Bertz CT molecular complexity index is 900. The van der Waals surface area contributed by atoms with E-state index < -0.39 is 17.8 Å². The number of urea groups is 1. The van der Waals surface area contributed by atoms with Crippen molar-refractivity contribution in [3.8, 4) is 0 Å². The van der Waals surface area contributed by atoms with Crippen LogP contribution in [0.15, 0.2) is 58.6 Å². The summed E-state index contributed by atoms with van der Waals surface area (Å²) in [5.41, 5.74) is 2.20. The number of hydrogen-bond donors (Lipinski definition) is 1. The van der Waals surface area contributed by atoms with Crippen LogP contribution in [0.25, 0.3) is 6.08 Å². The summed E-state index contributed by atoms with van der Waals surface area (Å²) in [4.78, 5) is 38.1. The average molecular weight is 413 g/mol. The molecule has 1 aliphatic heterocycles. The van der Waals surface area contributed by atoms with Gasteiger partial charge in [0.05, 0.1) is 5.69 Å². The fraction of sp³-hybridized carbons (Fsp3) is 0.150. The molecule has 4 amide bonds. The predicted molar refractivity (Wildman–Crippen MR) is 104 cm³/mol. The monoisotopic (exact) mass is 412 g/mol. The summed E-state index contributed by atoms with van der Waals surface area (Å²) in [6.07, 6.45) is 1.50. The van der Waals surface area contributed by atoms with Crippen molar-refractivity contribution in [3.63, 3.8) is 0 Å². The molecule has 1 saturated heterocycles. The predicted octanol–water partition coefficient (Wildman–Crippen LogP) is 4.24. The normalized spacial score (nSPS) is 16.4. The van der Waals surface area contributed by atoms with Gasteiger partial charge in [0.15, 0.2) is 0 Å². The quantitative estimate of drug-likeness (QED) is 0.605. The number of barbiturate groups is 1. The van der Waals surface area contributed by atoms with Gasteiger partial charge >= 0.3 is 6.03 Å². The highest BCUT2D eigenvalue weighted by Crippen LogP contribution is 2.24. The maximum atomic E-state index is 12.8. The van der Waals surface area contributed by atoms with Crippen LogP contribution in [0.1, 0.15) is 30.9 Å². The Hall–Kier alpha value is -2.73. The zero-order valence-electron chi connectivity index (χ0n) is 14.3. The molecule has 2 aromatic rings. The molecule has 1 N–H and O–H groups in total. The number of nitrogens with zero attached hydrogens (tertiary/aromatic N) is 1. The van der Waals surface area contributed by atoms with Crippen molar-refractivity contribution in [1.29, 1.82) is 0 Å². The zero-order chi connectivity index (χ0) is 18.8. The Morgan fingerprint density at radius 1 is 0.962 bits per heavy atom. The number of carbonyl (C=O) groups is 3. The van der Waals surface area contributed by atoms with Crippen LogP contribution < -0.4 is 10.2 Å². The van der Waals surface area contributed by atoms with Crippen molar-refractivity contribution < 1.29 is 14.4 Å². The van der Waals surface area contributed by atoms with Gasteiger partial charge in [-0.25, -0.2) is 9.69 Å². The molecule has 0 unspecified atom stereocenters. The van der Waals surface area contributed by atoms with Crippen molar-refractivity contribution in [2.75, 3.05) is 4.90 Å². The Kier molecular flexibility index (Phi) is 5.04. The van der Waals surface area contributed by atoms with Crippen molar-refractivity contribution in [2.45, 2.75) is 19.8 Å². The maximum absolute atomic E-state index is 12.8. The number of benzene rings is 2. The third-order valence-corrected chi connectivity index (χ3v) is 4.63. The third kappa shape index (κ3) is 3.60. The van der Waals surface area contributed by atoms with Crippen molar-refractivity contribution in [1.82, 2.24) is 5.32 Å². The van der Waals surface area contributed by atoms with Crippen molar-refractivity contribution in [3.05, 3.63) is 69.7 Å². The van der Waals surface area contributed by atoms with Gasteiger partial charge in [-0.3, -0.25) is 14.9 Å². The van der Waals surface area contributed by atoms with Gasteiger partial charge in [-0.1, -0.05) is 54.0 Å². The van der Waals surface area contributed by atoms with E-state index in [9.17, 15) is 14.4 Å². The zero-order valence-corrected chi connectivity index (χ0v) is 15.9. The Balaban J connectivity index is 1.95. The first kappa shape index (κ1) is 18.1. The number of rotatable bonds is 3. The number of hydrogen-bond acceptors (Lipinski definition) is 3. The van der Waals surface area contributed by atoms with E-state index in [1.807, 2.05) is 24.3 Å². The Labute approximate surface area is 159 Å². The molecule has 5 nitrogen and oxygen atoms in total. The minimum absolute atomic E-state index is 0.0789. The summed E-state index contributed by atoms with van der Waals surface area (Å²) in [5, 5.41) is 2.22. The highest BCUT2D eigenvalue weighted by Gasteiger charge is 2.36. The minimum atomic E-state index is -0.755. The lowest BCUT2D eigenvalue weighted by Gasteiger charge is -2.26. The molecule has 0 atom stereocenters. The molecular weight excluding hydrogens is 396 g/mol. The molecule has 1 fully saturated rings. The van der Waals surface area contributed by atoms with E-state index in [0.29, 0.717) is 11.6 Å². The number of carbonyl (C=O) groups excluding carboxylic acids is 3. The lowest BCUT2D eigenvalue weighted by Crippen LogP contribution is -2.54. The van der Waals surface area contributed by atoms with Crippen LogP contribution in [-0.4, -0.2) is 17.8 Å². The smallest absolute Gasteiger partial charge is 0.273 e. The molecule has 6 heteroatoms. The molecule has 26 heavy (non-hydrogen) atoms. The van der Waals surface area contributed by atoms with Gasteiger partial charge in [0, 0.05) is 4.47 Å². The molecule has 132 valence electrons. The molecule has 0 saturated carbocycles. The second-order valence-electron chi connectivity index (χ2n) is 6.26. The topological polar surface area (TPSA) is 66.5 Å². The molecule has 0 aliphatic carbocycles. The van der Waals surface area contributed by atoms with Crippen molar-refractivity contribution in [2.24, 2.45) is 0 Å². The van der Waals surface area contributed by atoms with Gasteiger partial charge in [0.2, 0.25) is 0 Å². The van der Waals surface area contributed by atoms with Crippen LogP contribution in [0.5, 0.6) is 0 Å². The van der Waals surface area contributed by atoms with Crippen LogP contribution in [0.3, 0.4) is 0 Å². The van der Waals surface area contributed by atoms with E-state index >= 15 is 0 Å². The Morgan fingerprint density at radius 2 is 1.58 bits per heavy atom. The number of anilines is 1. The van der Waals surface area contributed by atoms with Gasteiger partial charge in [-0.2, -0.15) is 0 Å². The van der Waals surface area contributed by atoms with Gasteiger partial charge in [-0.15, -0.1) is 0 Å². The van der Waals surface area contributed by atoms with E-state index in [4.69, 9.17) is 0 Å². The first-order valence-electron chi connectivity index (χ1n) is 8.14. The molecule has 3 rings (SSSR count). The molecule has 0 spiro atoms. The lowest BCUT2D eigenvalue weighted by atomic mass is 10.0. The van der Waals surface area contributed by atoms with Crippen LogP contribution >= 0.6 is 15.9 Å². The highest BCUT2D eigenvalue weighted by atomic mass is 79.9. The fourth-order valence-corrected chi connectivity index (χ4v) is 2.89. The minimum Gasteiger partial charge on any atom is -0.273 e. The van der Waals surface area contributed by atoms with Crippen molar-refractivity contribution >= 4 is 45.5 Å². The van der Waals surface area contributed by atoms with E-state index in [2.05, 4.69) is 35.1 Å². The summed E-state index contributed by atoms with van der Waals surface area (Å²) >= 11 is 3.31. The van der Waals surface area contributed by atoms with Gasteiger partial charge in [0.25, 0.3) is 11.8 Å². The second-order valence-corrected chi connectivity index (χ2v) is 7.17. The average Bonchev–Trinajstić information content (AvgIpc) is 2.60. The summed E-state index contributed by atoms with van der Waals surface area (Å²) in [7, 11) is 0. The number of amides is 4.